The molecule has 0 N–H and O–H groups in total. The number of hydrogen-bond donors (Lipinski definition) is 0. The highest BCUT2D eigenvalue weighted by Crippen LogP contribution is 2.47. The third kappa shape index (κ3) is 4.14. The molecule has 1 amide bonds. The van der Waals surface area contributed by atoms with Gasteiger partial charge in [-0.05, 0) is 37.5 Å². The van der Waals surface area contributed by atoms with E-state index in [1.807, 2.05) is 13.8 Å². The van der Waals surface area contributed by atoms with E-state index < -0.39 is 42.8 Å². The Morgan fingerprint density at radius 2 is 1.89 bits per heavy atom. The smallest absolute Gasteiger partial charge is 0.330 e. The zero-order valence-corrected chi connectivity index (χ0v) is 21.2. The van der Waals surface area contributed by atoms with Crippen LogP contribution >= 0.6 is 0 Å². The van der Waals surface area contributed by atoms with E-state index in [1.165, 1.54) is 31.2 Å². The van der Waals surface area contributed by atoms with Crippen molar-refractivity contribution in [3.8, 4) is 0 Å². The van der Waals surface area contributed by atoms with Gasteiger partial charge in [0.2, 0.25) is 5.91 Å². The average Bonchev–Trinajstić information content (AvgIpc) is 3.25. The van der Waals surface area contributed by atoms with E-state index in [9.17, 15) is 28.1 Å². The van der Waals surface area contributed by atoms with Gasteiger partial charge in [0, 0.05) is 12.1 Å². The van der Waals surface area contributed by atoms with Gasteiger partial charge in [-0.15, -0.1) is 5.10 Å². The number of fused-ring (bicyclic) bond motifs is 1. The molecule has 0 unspecified atom stereocenters. The molecule has 12 nitrogen and oxygen atoms in total. The molecule has 194 valence electrons. The van der Waals surface area contributed by atoms with E-state index in [1.54, 1.807) is 4.68 Å². The van der Waals surface area contributed by atoms with Crippen LogP contribution in [0.3, 0.4) is 0 Å². The number of nitro benzene ring substituents is 1. The Labute approximate surface area is 208 Å². The van der Waals surface area contributed by atoms with Crippen LogP contribution in [-0.4, -0.2) is 61.3 Å². The molecule has 0 spiro atoms. The van der Waals surface area contributed by atoms with Gasteiger partial charge in [-0.2, -0.15) is 0 Å². The van der Waals surface area contributed by atoms with Gasteiger partial charge < -0.3 is 9.64 Å². The first-order valence-electron chi connectivity index (χ1n) is 11.9. The summed E-state index contributed by atoms with van der Waals surface area (Å²) >= 11 is 0. The number of non-ortho nitro benzene ring substituents is 1. The first-order chi connectivity index (χ1) is 17.0. The van der Waals surface area contributed by atoms with E-state index in [-0.39, 0.29) is 25.3 Å². The van der Waals surface area contributed by atoms with Gasteiger partial charge in [0.1, 0.15) is 16.7 Å². The van der Waals surface area contributed by atoms with Crippen LogP contribution in [0.2, 0.25) is 0 Å². The van der Waals surface area contributed by atoms with Gasteiger partial charge in [-0.3, -0.25) is 14.9 Å². The maximum absolute atomic E-state index is 13.6. The molecule has 2 aliphatic rings. The summed E-state index contributed by atoms with van der Waals surface area (Å²) in [7, 11) is -3.95. The molecule has 2 fully saturated rings. The zero-order valence-electron chi connectivity index (χ0n) is 20.4. The van der Waals surface area contributed by atoms with Crippen molar-refractivity contribution < 1.29 is 27.7 Å². The molecular weight excluding hydrogens is 490 g/mol. The van der Waals surface area contributed by atoms with Crippen molar-refractivity contribution in [2.45, 2.75) is 82.2 Å². The third-order valence-corrected chi connectivity index (χ3v) is 9.68. The molecule has 36 heavy (non-hydrogen) atoms. The van der Waals surface area contributed by atoms with Gasteiger partial charge in [-0.25, -0.2) is 17.9 Å². The van der Waals surface area contributed by atoms with E-state index in [2.05, 4.69) is 10.3 Å². The lowest BCUT2D eigenvalue weighted by atomic mass is 9.96. The summed E-state index contributed by atoms with van der Waals surface area (Å²) in [6, 6.07) is 4.14. The summed E-state index contributed by atoms with van der Waals surface area (Å²) in [6.45, 7) is 5.12. The highest BCUT2D eigenvalue weighted by Gasteiger charge is 2.70. The van der Waals surface area contributed by atoms with Crippen molar-refractivity contribution in [2.75, 3.05) is 0 Å². The number of nitrogens with zero attached hydrogens (tertiary/aromatic N) is 5. The highest BCUT2D eigenvalue weighted by atomic mass is 32.2. The molecular formula is C23H29N5O7S. The summed E-state index contributed by atoms with van der Waals surface area (Å²) in [5, 5.41) is 18.2. The number of benzene rings is 1. The lowest BCUT2D eigenvalue weighted by molar-refractivity contribution is -0.384. The number of carbonyl (C=O) groups excluding carboxylic acids is 2. The number of carbonyl (C=O) groups is 2. The quantitative estimate of drug-likeness (QED) is 0.198. The van der Waals surface area contributed by atoms with Crippen molar-refractivity contribution >= 4 is 27.4 Å². The fraction of sp³-hybridized carbons (Fsp3) is 0.565. The molecule has 0 aliphatic carbocycles. The van der Waals surface area contributed by atoms with Crippen LogP contribution in [0.4, 0.5) is 5.69 Å². The predicted molar refractivity (Wildman–Crippen MR) is 127 cm³/mol. The summed E-state index contributed by atoms with van der Waals surface area (Å²) in [5.74, 6) is -1.27. The number of esters is 1. The van der Waals surface area contributed by atoms with Gasteiger partial charge in [0.05, 0.1) is 29.3 Å². The zero-order chi connectivity index (χ0) is 26.3. The van der Waals surface area contributed by atoms with Gasteiger partial charge in [-0.1, -0.05) is 31.9 Å². The van der Waals surface area contributed by atoms with Crippen molar-refractivity contribution in [2.24, 2.45) is 0 Å². The SMILES string of the molecule is CCCc1nnn(C[C@@]2(C)[C@H](C(=O)OCc3ccc([N+](=O)[O-])cc3)N3C(=O)C[C@H]3S2(=O)=O)c1CCC. The largest absolute Gasteiger partial charge is 0.459 e. The Kier molecular flexibility index (Phi) is 6.86. The molecule has 2 aromatic rings. The summed E-state index contributed by atoms with van der Waals surface area (Å²) in [4.78, 5) is 37.2. The minimum absolute atomic E-state index is 0.105. The first kappa shape index (κ1) is 25.7. The van der Waals surface area contributed by atoms with Gasteiger partial charge in [0.25, 0.3) is 5.69 Å². The molecule has 2 saturated heterocycles. The second-order valence-corrected chi connectivity index (χ2v) is 12.0. The summed E-state index contributed by atoms with van der Waals surface area (Å²) in [6.07, 6.45) is 2.84. The van der Waals surface area contributed by atoms with Crippen LogP contribution in [0.1, 0.15) is 57.0 Å². The fourth-order valence-electron chi connectivity index (χ4n) is 4.95. The van der Waals surface area contributed by atoms with Crippen LogP contribution in [0.15, 0.2) is 24.3 Å². The molecule has 4 rings (SSSR count). The van der Waals surface area contributed by atoms with E-state index in [0.717, 1.165) is 29.1 Å². The van der Waals surface area contributed by atoms with Crippen molar-refractivity contribution in [3.63, 3.8) is 0 Å². The Morgan fingerprint density at radius 1 is 1.22 bits per heavy atom. The molecule has 0 bridgehead atoms. The highest BCUT2D eigenvalue weighted by molar-refractivity contribution is 7.93. The van der Waals surface area contributed by atoms with Crippen LogP contribution in [-0.2, 0) is 50.2 Å². The van der Waals surface area contributed by atoms with Crippen molar-refractivity contribution in [3.05, 3.63) is 51.3 Å². The maximum atomic E-state index is 13.6. The van der Waals surface area contributed by atoms with Crippen LogP contribution in [0.5, 0.6) is 0 Å². The van der Waals surface area contributed by atoms with Crippen molar-refractivity contribution in [1.29, 1.82) is 0 Å². The third-order valence-electron chi connectivity index (χ3n) is 6.92. The Bertz CT molecular complexity index is 1290. The topological polar surface area (TPSA) is 155 Å². The number of sulfone groups is 1. The Morgan fingerprint density at radius 3 is 2.47 bits per heavy atom. The minimum atomic E-state index is -3.95. The lowest BCUT2D eigenvalue weighted by Crippen LogP contribution is -2.58. The van der Waals surface area contributed by atoms with E-state index >= 15 is 0 Å². The number of hydrogen-bond acceptors (Lipinski definition) is 9. The normalized spacial score (nSPS) is 24.3. The second kappa shape index (κ2) is 9.60. The Hall–Kier alpha value is -3.35. The molecule has 13 heteroatoms. The van der Waals surface area contributed by atoms with E-state index in [4.69, 9.17) is 4.74 Å². The lowest BCUT2D eigenvalue weighted by Gasteiger charge is -2.36. The monoisotopic (exact) mass is 519 g/mol. The molecule has 0 saturated carbocycles. The number of rotatable bonds is 10. The molecule has 3 atom stereocenters. The molecule has 0 radical (unpaired) electrons. The standard InChI is InChI=1S/C23H29N5O7S/c1-4-6-17-18(7-5-2)26(25-24-17)14-23(3)21(27-19(29)12-20(27)36(23,33)34)22(30)35-13-15-8-10-16(11-9-15)28(31)32/h8-11,20-21H,4-7,12-14H2,1-3H3/t20-,21+,23+/m1/s1. The van der Waals surface area contributed by atoms with E-state index in [0.29, 0.717) is 18.4 Å². The Balaban J connectivity index is 1.63. The van der Waals surface area contributed by atoms with Gasteiger partial charge >= 0.3 is 5.97 Å². The number of nitro groups is 1. The molecule has 1 aromatic carbocycles. The average molecular weight is 520 g/mol. The molecule has 3 heterocycles. The number of aromatic nitrogens is 3. The fourth-order valence-corrected chi connectivity index (χ4v) is 7.30. The second-order valence-electron chi connectivity index (χ2n) is 9.39. The number of β-lactam (4-membered cyclic amide) rings is 1. The van der Waals surface area contributed by atoms with Crippen LogP contribution < -0.4 is 0 Å². The number of aryl methyl sites for hydroxylation is 1. The maximum Gasteiger partial charge on any atom is 0.330 e. The predicted octanol–water partition coefficient (Wildman–Crippen LogP) is 1.95. The number of ether oxygens (including phenoxy) is 1. The first-order valence-corrected chi connectivity index (χ1v) is 13.5. The van der Waals surface area contributed by atoms with Crippen LogP contribution in [0, 0.1) is 10.1 Å². The molecule has 1 aromatic heterocycles. The number of amides is 1. The summed E-state index contributed by atoms with van der Waals surface area (Å²) < 4.78 is 32.5. The minimum Gasteiger partial charge on any atom is -0.459 e. The van der Waals surface area contributed by atoms with Gasteiger partial charge in [0.15, 0.2) is 15.9 Å². The van der Waals surface area contributed by atoms with Crippen molar-refractivity contribution in [1.82, 2.24) is 19.9 Å². The summed E-state index contributed by atoms with van der Waals surface area (Å²) in [5.41, 5.74) is 2.02. The van der Waals surface area contributed by atoms with Crippen LogP contribution in [0.25, 0.3) is 0 Å². The molecule has 2 aliphatic heterocycles.